The first kappa shape index (κ1) is 16.5. The molecule has 3 aromatic rings. The predicted molar refractivity (Wildman–Crippen MR) is 100 cm³/mol. The molecule has 7 heteroatoms. The molecule has 132 valence electrons. The summed E-state index contributed by atoms with van der Waals surface area (Å²) in [7, 11) is 0. The van der Waals surface area contributed by atoms with E-state index in [4.69, 9.17) is 4.52 Å². The van der Waals surface area contributed by atoms with Crippen LogP contribution in [0.3, 0.4) is 0 Å². The zero-order chi connectivity index (χ0) is 17.6. The maximum atomic E-state index is 5.29. The number of aromatic nitrogens is 3. The lowest BCUT2D eigenvalue weighted by atomic mass is 10.1. The molecular formula is C18H23N5OS. The van der Waals surface area contributed by atoms with Gasteiger partial charge in [0.1, 0.15) is 22.7 Å². The highest BCUT2D eigenvalue weighted by Gasteiger charge is 2.23. The van der Waals surface area contributed by atoms with Crippen molar-refractivity contribution in [1.82, 2.24) is 20.0 Å². The van der Waals surface area contributed by atoms with Gasteiger partial charge in [-0.1, -0.05) is 5.16 Å². The lowest BCUT2D eigenvalue weighted by Crippen LogP contribution is -2.46. The van der Waals surface area contributed by atoms with E-state index in [9.17, 15) is 0 Å². The first-order chi connectivity index (χ1) is 12.0. The van der Waals surface area contributed by atoms with Crippen LogP contribution in [0, 0.1) is 27.7 Å². The van der Waals surface area contributed by atoms with Gasteiger partial charge < -0.3 is 9.42 Å². The molecule has 0 N–H and O–H groups in total. The summed E-state index contributed by atoms with van der Waals surface area (Å²) in [6.07, 6.45) is 1.70. The Morgan fingerprint density at radius 3 is 2.52 bits per heavy atom. The minimum absolute atomic E-state index is 0.908. The van der Waals surface area contributed by atoms with Crippen molar-refractivity contribution in [3.05, 3.63) is 33.8 Å². The van der Waals surface area contributed by atoms with Gasteiger partial charge >= 0.3 is 0 Å². The molecule has 0 aliphatic carbocycles. The number of aryl methyl sites for hydroxylation is 4. The zero-order valence-corrected chi connectivity index (χ0v) is 16.0. The van der Waals surface area contributed by atoms with Gasteiger partial charge in [0.25, 0.3) is 0 Å². The Hall–Kier alpha value is -1.99. The first-order valence-corrected chi connectivity index (χ1v) is 9.46. The molecule has 0 amide bonds. The van der Waals surface area contributed by atoms with Crippen molar-refractivity contribution in [2.24, 2.45) is 0 Å². The van der Waals surface area contributed by atoms with Crippen LogP contribution in [0.1, 0.15) is 27.5 Å². The van der Waals surface area contributed by atoms with E-state index in [1.165, 1.54) is 21.4 Å². The number of piperazine rings is 1. The molecule has 4 rings (SSSR count). The van der Waals surface area contributed by atoms with Gasteiger partial charge in [-0.2, -0.15) is 0 Å². The molecule has 0 unspecified atom stereocenters. The van der Waals surface area contributed by atoms with Gasteiger partial charge in [0.15, 0.2) is 0 Å². The molecule has 6 nitrogen and oxygen atoms in total. The second kappa shape index (κ2) is 6.38. The van der Waals surface area contributed by atoms with Gasteiger partial charge in [0.2, 0.25) is 0 Å². The second-order valence-corrected chi connectivity index (χ2v) is 7.93. The number of thiophene rings is 1. The highest BCUT2D eigenvalue weighted by atomic mass is 32.1. The first-order valence-electron chi connectivity index (χ1n) is 8.64. The molecular weight excluding hydrogens is 334 g/mol. The minimum Gasteiger partial charge on any atom is -0.361 e. The molecule has 0 bridgehead atoms. The van der Waals surface area contributed by atoms with E-state index in [2.05, 4.69) is 38.8 Å². The SMILES string of the molecule is Cc1noc(C)c1CN1CCN(c2ncnc3sc(C)c(C)c23)CC1. The van der Waals surface area contributed by atoms with E-state index >= 15 is 0 Å². The fourth-order valence-corrected chi connectivity index (χ4v) is 4.46. The highest BCUT2D eigenvalue weighted by molar-refractivity contribution is 7.18. The van der Waals surface area contributed by atoms with Gasteiger partial charge in [-0.15, -0.1) is 11.3 Å². The summed E-state index contributed by atoms with van der Waals surface area (Å²) >= 11 is 1.76. The average molecular weight is 357 g/mol. The minimum atomic E-state index is 0.908. The molecule has 0 aromatic carbocycles. The lowest BCUT2D eigenvalue weighted by molar-refractivity contribution is 0.247. The Labute approximate surface area is 151 Å². The molecule has 0 atom stereocenters. The molecule has 4 heterocycles. The summed E-state index contributed by atoms with van der Waals surface area (Å²) in [5, 5.41) is 5.29. The fraction of sp³-hybridized carbons (Fsp3) is 0.500. The molecule has 1 aliphatic heterocycles. The van der Waals surface area contributed by atoms with Crippen molar-refractivity contribution in [3.63, 3.8) is 0 Å². The maximum absolute atomic E-state index is 5.29. The fourth-order valence-electron chi connectivity index (χ4n) is 3.47. The Morgan fingerprint density at radius 2 is 1.84 bits per heavy atom. The van der Waals surface area contributed by atoms with Crippen LogP contribution in [0.4, 0.5) is 5.82 Å². The monoisotopic (exact) mass is 357 g/mol. The van der Waals surface area contributed by atoms with Crippen molar-refractivity contribution in [1.29, 1.82) is 0 Å². The Kier molecular flexibility index (Phi) is 4.21. The van der Waals surface area contributed by atoms with Crippen LogP contribution in [-0.2, 0) is 6.54 Å². The van der Waals surface area contributed by atoms with E-state index in [1.54, 1.807) is 17.7 Å². The number of fused-ring (bicyclic) bond motifs is 1. The molecule has 3 aromatic heterocycles. The molecule has 0 spiro atoms. The summed E-state index contributed by atoms with van der Waals surface area (Å²) in [5.41, 5.74) is 3.54. The third-order valence-corrected chi connectivity index (χ3v) is 6.30. The summed E-state index contributed by atoms with van der Waals surface area (Å²) in [6, 6.07) is 0. The van der Waals surface area contributed by atoms with Gasteiger partial charge in [0.05, 0.1) is 11.1 Å². The van der Waals surface area contributed by atoms with Crippen LogP contribution in [0.2, 0.25) is 0 Å². The van der Waals surface area contributed by atoms with Crippen molar-refractivity contribution in [3.8, 4) is 0 Å². The standard InChI is InChI=1S/C18H23N5OS/c1-11-14(4)25-18-16(11)17(19-10-20-18)23-7-5-22(6-8-23)9-15-12(2)21-24-13(15)3/h10H,5-9H2,1-4H3. The number of hydrogen-bond donors (Lipinski definition) is 0. The predicted octanol–water partition coefficient (Wildman–Crippen LogP) is 3.24. The summed E-state index contributed by atoms with van der Waals surface area (Å²) < 4.78 is 5.29. The highest BCUT2D eigenvalue weighted by Crippen LogP contribution is 2.34. The Bertz CT molecular complexity index is 888. The third kappa shape index (κ3) is 2.91. The molecule has 0 radical (unpaired) electrons. The van der Waals surface area contributed by atoms with E-state index in [-0.39, 0.29) is 0 Å². The van der Waals surface area contributed by atoms with Crippen LogP contribution in [0.5, 0.6) is 0 Å². The zero-order valence-electron chi connectivity index (χ0n) is 15.2. The summed E-state index contributed by atoms with van der Waals surface area (Å²) in [6.45, 7) is 13.2. The summed E-state index contributed by atoms with van der Waals surface area (Å²) in [4.78, 5) is 16.4. The van der Waals surface area contributed by atoms with Gasteiger partial charge in [-0.3, -0.25) is 4.90 Å². The second-order valence-electron chi connectivity index (χ2n) is 6.73. The molecule has 0 saturated carbocycles. The average Bonchev–Trinajstić information content (AvgIpc) is 3.09. The van der Waals surface area contributed by atoms with Crippen LogP contribution in [0.25, 0.3) is 10.2 Å². The number of nitrogens with zero attached hydrogens (tertiary/aromatic N) is 5. The van der Waals surface area contributed by atoms with E-state index in [1.807, 2.05) is 13.8 Å². The van der Waals surface area contributed by atoms with Crippen molar-refractivity contribution >= 4 is 27.4 Å². The molecule has 1 saturated heterocycles. The molecule has 1 fully saturated rings. The maximum Gasteiger partial charge on any atom is 0.141 e. The van der Waals surface area contributed by atoms with Gasteiger partial charge in [0, 0.05) is 43.2 Å². The molecule has 25 heavy (non-hydrogen) atoms. The third-order valence-electron chi connectivity index (χ3n) is 5.18. The topological polar surface area (TPSA) is 58.3 Å². The van der Waals surface area contributed by atoms with E-state index in [0.717, 1.165) is 54.8 Å². The Morgan fingerprint density at radius 1 is 1.08 bits per heavy atom. The number of anilines is 1. The smallest absolute Gasteiger partial charge is 0.141 e. The van der Waals surface area contributed by atoms with Gasteiger partial charge in [-0.05, 0) is 33.3 Å². The lowest BCUT2D eigenvalue weighted by Gasteiger charge is -2.35. The van der Waals surface area contributed by atoms with Crippen LogP contribution >= 0.6 is 11.3 Å². The number of hydrogen-bond acceptors (Lipinski definition) is 7. The number of rotatable bonds is 3. The van der Waals surface area contributed by atoms with Gasteiger partial charge in [-0.25, -0.2) is 9.97 Å². The van der Waals surface area contributed by atoms with Crippen molar-refractivity contribution < 1.29 is 4.52 Å². The Balaban J connectivity index is 1.51. The quantitative estimate of drug-likeness (QED) is 0.717. The normalized spacial score (nSPS) is 16.1. The van der Waals surface area contributed by atoms with Crippen LogP contribution in [-0.4, -0.2) is 46.2 Å². The van der Waals surface area contributed by atoms with Crippen molar-refractivity contribution in [2.45, 2.75) is 34.2 Å². The van der Waals surface area contributed by atoms with Crippen LogP contribution in [0.15, 0.2) is 10.9 Å². The molecule has 1 aliphatic rings. The van der Waals surface area contributed by atoms with E-state index < -0.39 is 0 Å². The van der Waals surface area contributed by atoms with Crippen LogP contribution < -0.4 is 4.90 Å². The van der Waals surface area contributed by atoms with E-state index in [0.29, 0.717) is 0 Å². The van der Waals surface area contributed by atoms with Crippen molar-refractivity contribution in [2.75, 3.05) is 31.1 Å². The largest absolute Gasteiger partial charge is 0.361 e. The summed E-state index contributed by atoms with van der Waals surface area (Å²) in [5.74, 6) is 2.02.